The van der Waals surface area contributed by atoms with Gasteiger partial charge in [-0.2, -0.15) is 11.3 Å². The average molecular weight is 356 g/mol. The molecule has 1 heterocycles. The van der Waals surface area contributed by atoms with Crippen LogP contribution in [-0.2, 0) is 4.79 Å². The number of carbonyl (C=O) groups excluding carboxylic acids is 2. The zero-order chi connectivity index (χ0) is 17.6. The lowest BCUT2D eigenvalue weighted by Gasteiger charge is -2.19. The van der Waals surface area contributed by atoms with Crippen molar-refractivity contribution in [3.63, 3.8) is 0 Å². The number of hydrogen-bond acceptors (Lipinski definition) is 3. The van der Waals surface area contributed by atoms with Crippen LogP contribution in [0.2, 0.25) is 0 Å². The molecule has 1 aliphatic rings. The molecule has 25 heavy (non-hydrogen) atoms. The van der Waals surface area contributed by atoms with Gasteiger partial charge in [-0.15, -0.1) is 0 Å². The van der Waals surface area contributed by atoms with Crippen LogP contribution in [0.4, 0.5) is 0 Å². The summed E-state index contributed by atoms with van der Waals surface area (Å²) in [6.45, 7) is 2.58. The van der Waals surface area contributed by atoms with Crippen LogP contribution >= 0.6 is 11.3 Å². The van der Waals surface area contributed by atoms with Crippen LogP contribution in [0.25, 0.3) is 0 Å². The molecule has 132 valence electrons. The van der Waals surface area contributed by atoms with E-state index in [1.54, 1.807) is 6.07 Å². The number of hydrogen-bond donors (Lipinski definition) is 2. The highest BCUT2D eigenvalue weighted by atomic mass is 32.1. The predicted octanol–water partition coefficient (Wildman–Crippen LogP) is 3.83. The molecule has 0 radical (unpaired) electrons. The van der Waals surface area contributed by atoms with Gasteiger partial charge in [0, 0.05) is 23.9 Å². The lowest BCUT2D eigenvalue weighted by atomic mass is 10.0. The highest BCUT2D eigenvalue weighted by Crippen LogP contribution is 2.41. The first-order valence-electron chi connectivity index (χ1n) is 8.80. The predicted molar refractivity (Wildman–Crippen MR) is 101 cm³/mol. The lowest BCUT2D eigenvalue weighted by molar-refractivity contribution is -0.122. The van der Waals surface area contributed by atoms with E-state index in [0.29, 0.717) is 30.9 Å². The van der Waals surface area contributed by atoms with E-state index >= 15 is 0 Å². The molecule has 5 heteroatoms. The molecule has 1 aliphatic carbocycles. The van der Waals surface area contributed by atoms with Gasteiger partial charge in [0.15, 0.2) is 0 Å². The highest BCUT2D eigenvalue weighted by molar-refractivity contribution is 7.08. The SMILES string of the molecule is Cc1ccc(C(NC(=O)CCCNC(=O)c2ccsc2)C2CC2)cc1. The summed E-state index contributed by atoms with van der Waals surface area (Å²) in [7, 11) is 0. The quantitative estimate of drug-likeness (QED) is 0.706. The van der Waals surface area contributed by atoms with Crippen LogP contribution in [0.1, 0.15) is 53.2 Å². The van der Waals surface area contributed by atoms with Crippen molar-refractivity contribution in [3.05, 3.63) is 57.8 Å². The van der Waals surface area contributed by atoms with Gasteiger partial charge in [-0.05, 0) is 49.1 Å². The van der Waals surface area contributed by atoms with Gasteiger partial charge in [-0.1, -0.05) is 29.8 Å². The summed E-state index contributed by atoms with van der Waals surface area (Å²) in [5.74, 6) is 0.546. The second-order valence-corrected chi connectivity index (χ2v) is 7.44. The van der Waals surface area contributed by atoms with E-state index in [9.17, 15) is 9.59 Å². The standard InChI is InChI=1S/C20H24N2O2S/c1-14-4-6-15(7-5-14)19(16-8-9-16)22-18(23)3-2-11-21-20(24)17-10-12-25-13-17/h4-7,10,12-13,16,19H,2-3,8-9,11H2,1H3,(H,21,24)(H,22,23). The number of thiophene rings is 1. The van der Waals surface area contributed by atoms with Crippen molar-refractivity contribution in [1.29, 1.82) is 0 Å². The van der Waals surface area contributed by atoms with Crippen molar-refractivity contribution in [3.8, 4) is 0 Å². The second-order valence-electron chi connectivity index (χ2n) is 6.66. The molecular formula is C20H24N2O2S. The monoisotopic (exact) mass is 356 g/mol. The molecule has 1 atom stereocenters. The topological polar surface area (TPSA) is 58.2 Å². The summed E-state index contributed by atoms with van der Waals surface area (Å²) in [6, 6.07) is 10.3. The van der Waals surface area contributed by atoms with Crippen LogP contribution in [0.5, 0.6) is 0 Å². The average Bonchev–Trinajstić information content (AvgIpc) is 3.30. The third kappa shape index (κ3) is 5.16. The number of carbonyl (C=O) groups is 2. The lowest BCUT2D eigenvalue weighted by Crippen LogP contribution is -2.31. The smallest absolute Gasteiger partial charge is 0.252 e. The fourth-order valence-electron chi connectivity index (χ4n) is 2.87. The van der Waals surface area contributed by atoms with Crippen LogP contribution in [0, 0.1) is 12.8 Å². The summed E-state index contributed by atoms with van der Waals surface area (Å²) < 4.78 is 0. The Labute approximate surface area is 152 Å². The molecular weight excluding hydrogens is 332 g/mol. The number of aryl methyl sites for hydroxylation is 1. The molecule has 4 nitrogen and oxygen atoms in total. The zero-order valence-electron chi connectivity index (χ0n) is 14.5. The Morgan fingerprint density at radius 3 is 2.60 bits per heavy atom. The molecule has 2 N–H and O–H groups in total. The van der Waals surface area contributed by atoms with Gasteiger partial charge in [0.25, 0.3) is 5.91 Å². The van der Waals surface area contributed by atoms with Crippen LogP contribution in [0.3, 0.4) is 0 Å². The van der Waals surface area contributed by atoms with E-state index in [1.807, 2.05) is 10.8 Å². The molecule has 0 spiro atoms. The van der Waals surface area contributed by atoms with Gasteiger partial charge >= 0.3 is 0 Å². The van der Waals surface area contributed by atoms with Gasteiger partial charge < -0.3 is 10.6 Å². The minimum Gasteiger partial charge on any atom is -0.352 e. The van der Waals surface area contributed by atoms with E-state index in [-0.39, 0.29) is 17.9 Å². The Bertz CT molecular complexity index is 706. The van der Waals surface area contributed by atoms with Crippen molar-refractivity contribution in [1.82, 2.24) is 10.6 Å². The Kier molecular flexibility index (Phi) is 5.87. The highest BCUT2D eigenvalue weighted by Gasteiger charge is 2.33. The molecule has 1 unspecified atom stereocenters. The molecule has 2 amide bonds. The van der Waals surface area contributed by atoms with Crippen molar-refractivity contribution >= 4 is 23.2 Å². The summed E-state index contributed by atoms with van der Waals surface area (Å²) in [5.41, 5.74) is 3.10. The Morgan fingerprint density at radius 1 is 1.20 bits per heavy atom. The number of amides is 2. The fraction of sp³-hybridized carbons (Fsp3) is 0.400. The summed E-state index contributed by atoms with van der Waals surface area (Å²) >= 11 is 1.50. The maximum Gasteiger partial charge on any atom is 0.252 e. The molecule has 1 saturated carbocycles. The van der Waals surface area contributed by atoms with Gasteiger partial charge in [-0.25, -0.2) is 0 Å². The maximum absolute atomic E-state index is 12.3. The first-order valence-corrected chi connectivity index (χ1v) is 9.74. The van der Waals surface area contributed by atoms with Crippen molar-refractivity contribution in [2.45, 2.75) is 38.6 Å². The molecule has 1 aromatic carbocycles. The minimum absolute atomic E-state index is 0.0576. The number of nitrogens with one attached hydrogen (secondary N) is 2. The number of rotatable bonds is 8. The zero-order valence-corrected chi connectivity index (χ0v) is 15.3. The molecule has 0 bridgehead atoms. The van der Waals surface area contributed by atoms with Crippen LogP contribution in [-0.4, -0.2) is 18.4 Å². The Morgan fingerprint density at radius 2 is 1.96 bits per heavy atom. The van der Waals surface area contributed by atoms with Crippen LogP contribution in [0.15, 0.2) is 41.1 Å². The maximum atomic E-state index is 12.3. The van der Waals surface area contributed by atoms with Crippen molar-refractivity contribution < 1.29 is 9.59 Å². The summed E-state index contributed by atoms with van der Waals surface area (Å²) in [4.78, 5) is 24.1. The van der Waals surface area contributed by atoms with E-state index < -0.39 is 0 Å². The fourth-order valence-corrected chi connectivity index (χ4v) is 3.50. The largest absolute Gasteiger partial charge is 0.352 e. The van der Waals surface area contributed by atoms with E-state index in [0.717, 1.165) is 0 Å². The Hall–Kier alpha value is -2.14. The van der Waals surface area contributed by atoms with Gasteiger partial charge in [0.05, 0.1) is 6.04 Å². The third-order valence-electron chi connectivity index (χ3n) is 4.50. The van der Waals surface area contributed by atoms with Crippen molar-refractivity contribution in [2.75, 3.05) is 6.54 Å². The first-order chi connectivity index (χ1) is 12.1. The van der Waals surface area contributed by atoms with E-state index in [2.05, 4.69) is 41.8 Å². The van der Waals surface area contributed by atoms with Crippen LogP contribution < -0.4 is 10.6 Å². The van der Waals surface area contributed by atoms with E-state index in [4.69, 9.17) is 0 Å². The van der Waals surface area contributed by atoms with Gasteiger partial charge in [0.2, 0.25) is 5.91 Å². The third-order valence-corrected chi connectivity index (χ3v) is 5.18. The Balaban J connectivity index is 1.43. The van der Waals surface area contributed by atoms with E-state index in [1.165, 1.54) is 35.3 Å². The summed E-state index contributed by atoms with van der Waals surface area (Å²) in [5, 5.41) is 9.74. The molecule has 1 aromatic heterocycles. The van der Waals surface area contributed by atoms with Gasteiger partial charge in [0.1, 0.15) is 0 Å². The molecule has 3 rings (SSSR count). The molecule has 0 saturated heterocycles. The molecule has 0 aliphatic heterocycles. The van der Waals surface area contributed by atoms with Crippen molar-refractivity contribution in [2.24, 2.45) is 5.92 Å². The molecule has 2 aromatic rings. The second kappa shape index (κ2) is 8.30. The summed E-state index contributed by atoms with van der Waals surface area (Å²) in [6.07, 6.45) is 3.43. The minimum atomic E-state index is -0.0721. The number of benzene rings is 1. The first kappa shape index (κ1) is 17.7. The normalized spacial score (nSPS) is 14.8. The van der Waals surface area contributed by atoms with Gasteiger partial charge in [-0.3, -0.25) is 9.59 Å². The molecule has 1 fully saturated rings.